The topological polar surface area (TPSA) is 57.0 Å². The summed E-state index contributed by atoms with van der Waals surface area (Å²) in [5, 5.41) is 0. The Hall–Kier alpha value is -2.69. The molecule has 0 aliphatic rings. The molecule has 0 amide bonds. The van der Waals surface area contributed by atoms with Crippen molar-refractivity contribution in [3.8, 4) is 0 Å². The van der Waals surface area contributed by atoms with E-state index >= 15 is 0 Å². The number of nitrogens with zero attached hydrogens (tertiary/aromatic N) is 3. The van der Waals surface area contributed by atoms with E-state index in [9.17, 15) is 4.79 Å². The van der Waals surface area contributed by atoms with Crippen molar-refractivity contribution in [2.75, 3.05) is 0 Å². The standard InChI is InChI=1S/C17H17N3O2/c1-12(20-11-19-15-7-3-4-8-16(15)20)17(21)22-13(2)14-6-5-9-18-10-14/h3-13H,1-2H3/t12-,13-/m0/s1. The Balaban J connectivity index is 1.77. The molecule has 0 aliphatic carbocycles. The molecule has 5 nitrogen and oxygen atoms in total. The number of aromatic nitrogens is 3. The van der Waals surface area contributed by atoms with Crippen LogP contribution in [0.3, 0.4) is 0 Å². The molecule has 0 radical (unpaired) electrons. The molecular formula is C17H17N3O2. The number of rotatable bonds is 4. The van der Waals surface area contributed by atoms with Crippen LogP contribution in [-0.4, -0.2) is 20.5 Å². The molecule has 0 spiro atoms. The Morgan fingerprint density at radius 1 is 1.18 bits per heavy atom. The van der Waals surface area contributed by atoms with Crippen molar-refractivity contribution in [3.63, 3.8) is 0 Å². The summed E-state index contributed by atoms with van der Waals surface area (Å²) >= 11 is 0. The first-order valence-electron chi connectivity index (χ1n) is 7.19. The maximum atomic E-state index is 12.4. The van der Waals surface area contributed by atoms with Gasteiger partial charge in [-0.05, 0) is 32.0 Å². The number of fused-ring (bicyclic) bond motifs is 1. The van der Waals surface area contributed by atoms with Crippen LogP contribution in [0.2, 0.25) is 0 Å². The van der Waals surface area contributed by atoms with Crippen LogP contribution >= 0.6 is 0 Å². The second-order valence-electron chi connectivity index (χ2n) is 5.18. The molecule has 2 heterocycles. The largest absolute Gasteiger partial charge is 0.456 e. The smallest absolute Gasteiger partial charge is 0.329 e. The van der Waals surface area contributed by atoms with Crippen LogP contribution in [0.5, 0.6) is 0 Å². The fourth-order valence-electron chi connectivity index (χ4n) is 2.36. The van der Waals surface area contributed by atoms with Gasteiger partial charge in [0.15, 0.2) is 0 Å². The zero-order valence-corrected chi connectivity index (χ0v) is 12.5. The van der Waals surface area contributed by atoms with Gasteiger partial charge in [0.25, 0.3) is 0 Å². The van der Waals surface area contributed by atoms with Gasteiger partial charge in [0, 0.05) is 18.0 Å². The zero-order valence-electron chi connectivity index (χ0n) is 12.5. The molecule has 0 N–H and O–H groups in total. The molecule has 22 heavy (non-hydrogen) atoms. The van der Waals surface area contributed by atoms with Gasteiger partial charge in [-0.15, -0.1) is 0 Å². The van der Waals surface area contributed by atoms with Crippen LogP contribution < -0.4 is 0 Å². The third-order valence-corrected chi connectivity index (χ3v) is 3.69. The molecule has 3 aromatic rings. The van der Waals surface area contributed by atoms with Gasteiger partial charge in [-0.3, -0.25) is 4.98 Å². The van der Waals surface area contributed by atoms with Crippen LogP contribution in [0.1, 0.15) is 31.6 Å². The summed E-state index contributed by atoms with van der Waals surface area (Å²) in [5.41, 5.74) is 2.65. The summed E-state index contributed by atoms with van der Waals surface area (Å²) in [6, 6.07) is 11.0. The Labute approximate surface area is 128 Å². The third kappa shape index (κ3) is 2.70. The third-order valence-electron chi connectivity index (χ3n) is 3.69. The quantitative estimate of drug-likeness (QED) is 0.693. The number of carbonyl (C=O) groups excluding carboxylic acids is 1. The van der Waals surface area contributed by atoms with Crippen molar-refractivity contribution < 1.29 is 9.53 Å². The van der Waals surface area contributed by atoms with Crippen LogP contribution in [-0.2, 0) is 9.53 Å². The van der Waals surface area contributed by atoms with Crippen LogP contribution in [0, 0.1) is 0 Å². The Kier molecular flexibility index (Phi) is 3.87. The number of para-hydroxylation sites is 2. The molecule has 3 rings (SSSR count). The lowest BCUT2D eigenvalue weighted by Gasteiger charge is -2.18. The van der Waals surface area contributed by atoms with E-state index in [1.807, 2.05) is 54.8 Å². The first kappa shape index (κ1) is 14.3. The van der Waals surface area contributed by atoms with Crippen molar-refractivity contribution in [1.82, 2.24) is 14.5 Å². The summed E-state index contributed by atoms with van der Waals surface area (Å²) in [7, 11) is 0. The highest BCUT2D eigenvalue weighted by atomic mass is 16.5. The molecule has 0 aliphatic heterocycles. The maximum Gasteiger partial charge on any atom is 0.329 e. The lowest BCUT2D eigenvalue weighted by molar-refractivity contribution is -0.152. The second kappa shape index (κ2) is 5.97. The molecule has 0 fully saturated rings. The molecule has 1 aromatic carbocycles. The SMILES string of the molecule is C[C@H](OC(=O)[C@H](C)n1cnc2ccccc21)c1cccnc1. The van der Waals surface area contributed by atoms with Gasteiger partial charge in [-0.1, -0.05) is 18.2 Å². The number of carbonyl (C=O) groups is 1. The number of ether oxygens (including phenoxy) is 1. The molecule has 5 heteroatoms. The first-order valence-corrected chi connectivity index (χ1v) is 7.19. The predicted octanol–water partition coefficient (Wildman–Crippen LogP) is 3.30. The molecule has 0 saturated carbocycles. The Morgan fingerprint density at radius 2 is 2.00 bits per heavy atom. The van der Waals surface area contributed by atoms with E-state index in [1.165, 1.54) is 0 Å². The first-order chi connectivity index (χ1) is 10.7. The van der Waals surface area contributed by atoms with E-state index in [4.69, 9.17) is 4.74 Å². The number of imidazole rings is 1. The highest BCUT2D eigenvalue weighted by Crippen LogP contribution is 2.22. The Morgan fingerprint density at radius 3 is 2.77 bits per heavy atom. The minimum atomic E-state index is -0.438. The molecule has 112 valence electrons. The van der Waals surface area contributed by atoms with Gasteiger partial charge >= 0.3 is 5.97 Å². The van der Waals surface area contributed by atoms with Gasteiger partial charge in [0.05, 0.1) is 17.4 Å². The van der Waals surface area contributed by atoms with Crippen molar-refractivity contribution >= 4 is 17.0 Å². The Bertz CT molecular complexity index is 783. The number of benzene rings is 1. The van der Waals surface area contributed by atoms with E-state index in [2.05, 4.69) is 9.97 Å². The van der Waals surface area contributed by atoms with Gasteiger partial charge < -0.3 is 9.30 Å². The summed E-state index contributed by atoms with van der Waals surface area (Å²) in [6.07, 6.45) is 4.73. The molecule has 0 unspecified atom stereocenters. The van der Waals surface area contributed by atoms with E-state index in [0.717, 1.165) is 16.6 Å². The second-order valence-corrected chi connectivity index (χ2v) is 5.18. The van der Waals surface area contributed by atoms with E-state index < -0.39 is 6.04 Å². The normalized spacial score (nSPS) is 13.7. The summed E-state index contributed by atoms with van der Waals surface area (Å²) in [6.45, 7) is 3.65. The van der Waals surface area contributed by atoms with Gasteiger partial charge in [-0.25, -0.2) is 9.78 Å². The average molecular weight is 295 g/mol. The van der Waals surface area contributed by atoms with Gasteiger partial charge in [-0.2, -0.15) is 0 Å². The van der Waals surface area contributed by atoms with Crippen molar-refractivity contribution in [2.24, 2.45) is 0 Å². The number of hydrogen-bond donors (Lipinski definition) is 0. The van der Waals surface area contributed by atoms with Crippen LogP contribution in [0.15, 0.2) is 55.1 Å². The number of pyridine rings is 1. The average Bonchev–Trinajstić information content (AvgIpc) is 2.99. The molecule has 2 atom stereocenters. The van der Waals surface area contributed by atoms with Crippen LogP contribution in [0.25, 0.3) is 11.0 Å². The minimum absolute atomic E-state index is 0.292. The highest BCUT2D eigenvalue weighted by molar-refractivity contribution is 5.80. The fraction of sp³-hybridized carbons (Fsp3) is 0.235. The number of esters is 1. The minimum Gasteiger partial charge on any atom is -0.456 e. The van der Waals surface area contributed by atoms with Gasteiger partial charge in [0.2, 0.25) is 0 Å². The molecular weight excluding hydrogens is 278 g/mol. The van der Waals surface area contributed by atoms with E-state index in [1.54, 1.807) is 18.7 Å². The number of hydrogen-bond acceptors (Lipinski definition) is 4. The fourth-order valence-corrected chi connectivity index (χ4v) is 2.36. The van der Waals surface area contributed by atoms with Crippen LogP contribution in [0.4, 0.5) is 0 Å². The summed E-state index contributed by atoms with van der Waals surface area (Å²) in [4.78, 5) is 20.7. The molecule has 0 saturated heterocycles. The van der Waals surface area contributed by atoms with Crippen molar-refractivity contribution in [1.29, 1.82) is 0 Å². The van der Waals surface area contributed by atoms with Crippen molar-refractivity contribution in [2.45, 2.75) is 26.0 Å². The molecule has 2 aromatic heterocycles. The predicted molar refractivity (Wildman–Crippen MR) is 83.2 cm³/mol. The lowest BCUT2D eigenvalue weighted by atomic mass is 10.2. The summed E-state index contributed by atoms with van der Waals surface area (Å²) < 4.78 is 7.37. The molecule has 0 bridgehead atoms. The zero-order chi connectivity index (χ0) is 15.5. The lowest BCUT2D eigenvalue weighted by Crippen LogP contribution is -2.20. The van der Waals surface area contributed by atoms with Gasteiger partial charge in [0.1, 0.15) is 12.1 Å². The van der Waals surface area contributed by atoms with Crippen molar-refractivity contribution in [3.05, 3.63) is 60.7 Å². The summed E-state index contributed by atoms with van der Waals surface area (Å²) in [5.74, 6) is -0.292. The van der Waals surface area contributed by atoms with E-state index in [-0.39, 0.29) is 12.1 Å². The van der Waals surface area contributed by atoms with E-state index in [0.29, 0.717) is 0 Å². The maximum absolute atomic E-state index is 12.4. The monoisotopic (exact) mass is 295 g/mol. The highest BCUT2D eigenvalue weighted by Gasteiger charge is 2.21.